The van der Waals surface area contributed by atoms with E-state index < -0.39 is 18.1 Å². The van der Waals surface area contributed by atoms with Gasteiger partial charge in [0.2, 0.25) is 0 Å². The van der Waals surface area contributed by atoms with Crippen LogP contribution in [0.1, 0.15) is 17.0 Å². The van der Waals surface area contributed by atoms with Crippen LogP contribution in [0.3, 0.4) is 0 Å². The molecule has 3 rings (SSSR count). The first-order valence-corrected chi connectivity index (χ1v) is 12.2. The summed E-state index contributed by atoms with van der Waals surface area (Å²) in [6.07, 6.45) is 0. The second kappa shape index (κ2) is 10.9. The fraction of sp³-hybridized carbons (Fsp3) is 0.316. The second-order valence-electron chi connectivity index (χ2n) is 6.86. The third-order valence-electron chi connectivity index (χ3n) is 4.41. The van der Waals surface area contributed by atoms with Gasteiger partial charge in [-0.3, -0.25) is 0 Å². The summed E-state index contributed by atoms with van der Waals surface area (Å²) in [5.41, 5.74) is 6.02. The first-order valence-electron chi connectivity index (χ1n) is 8.99. The summed E-state index contributed by atoms with van der Waals surface area (Å²) >= 11 is 5.96. The number of hydrogen-bond acceptors (Lipinski definition) is 6. The molecule has 0 saturated heterocycles. The molecular formula is C19H24ClN3O5PS+. The Hall–Kier alpha value is -1.87. The van der Waals surface area contributed by atoms with Gasteiger partial charge in [-0.15, -0.1) is 9.79 Å². The first kappa shape index (κ1) is 24.4. The van der Waals surface area contributed by atoms with Crippen molar-refractivity contribution in [3.63, 3.8) is 0 Å². The zero-order valence-electron chi connectivity index (χ0n) is 16.6. The quantitative estimate of drug-likeness (QED) is 0.552. The van der Waals surface area contributed by atoms with Gasteiger partial charge >= 0.3 is 8.25 Å². The molecule has 162 valence electrons. The molecule has 0 aromatic heterocycles. The van der Waals surface area contributed by atoms with Crippen molar-refractivity contribution in [1.29, 1.82) is 0 Å². The molecule has 30 heavy (non-hydrogen) atoms. The predicted octanol–water partition coefficient (Wildman–Crippen LogP) is 2.39. The average Bonchev–Trinajstić information content (AvgIpc) is 3.16. The Morgan fingerprint density at radius 2 is 1.70 bits per heavy atom. The van der Waals surface area contributed by atoms with Crippen molar-refractivity contribution in [2.24, 2.45) is 5.10 Å². The van der Waals surface area contributed by atoms with Gasteiger partial charge in [-0.2, -0.15) is 5.10 Å². The van der Waals surface area contributed by atoms with Crippen molar-refractivity contribution in [2.75, 3.05) is 32.9 Å². The molecule has 0 spiro atoms. The normalized spacial score (nSPS) is 15.8. The van der Waals surface area contributed by atoms with Gasteiger partial charge in [-0.05, 0) is 49.5 Å². The Morgan fingerprint density at radius 1 is 1.13 bits per heavy atom. The predicted molar refractivity (Wildman–Crippen MR) is 118 cm³/mol. The van der Waals surface area contributed by atoms with Crippen molar-refractivity contribution in [2.45, 2.75) is 10.8 Å². The van der Waals surface area contributed by atoms with Gasteiger partial charge in [0.1, 0.15) is 0 Å². The molecular weight excluding hydrogens is 449 g/mol. The molecule has 0 amide bonds. The van der Waals surface area contributed by atoms with Crippen LogP contribution in [0.4, 0.5) is 0 Å². The fourth-order valence-corrected chi connectivity index (χ4v) is 4.40. The number of halogens is 1. The van der Waals surface area contributed by atoms with Gasteiger partial charge in [0.25, 0.3) is 0 Å². The van der Waals surface area contributed by atoms with Crippen LogP contribution in [0.2, 0.25) is 5.02 Å². The van der Waals surface area contributed by atoms with Crippen molar-refractivity contribution < 1.29 is 22.8 Å². The Kier molecular flexibility index (Phi) is 8.91. The van der Waals surface area contributed by atoms with Crippen LogP contribution in [0, 0.1) is 0 Å². The Labute approximate surface area is 182 Å². The van der Waals surface area contributed by atoms with E-state index in [1.807, 2.05) is 55.4 Å². The van der Waals surface area contributed by atoms with E-state index in [1.54, 1.807) is 12.1 Å². The number of sulfone groups is 1. The lowest BCUT2D eigenvalue weighted by atomic mass is 9.91. The summed E-state index contributed by atoms with van der Waals surface area (Å²) in [7, 11) is -2.41. The van der Waals surface area contributed by atoms with E-state index in [-0.39, 0.29) is 11.7 Å². The van der Waals surface area contributed by atoms with E-state index in [4.69, 9.17) is 26.0 Å². The average molecular weight is 473 g/mol. The molecule has 0 saturated carbocycles. The van der Waals surface area contributed by atoms with Crippen LogP contribution >= 0.6 is 19.9 Å². The van der Waals surface area contributed by atoms with Gasteiger partial charge in [-0.1, -0.05) is 35.9 Å². The van der Waals surface area contributed by atoms with Gasteiger partial charge in [0.05, 0.1) is 16.4 Å². The maximum atomic E-state index is 12.4. The standard InChI is InChI=1S/C19H22ClN3O2S.HO3P/c1-23(2)11-12-26(24,25)17-9-5-14(6-10-17)18-13-21-22-19(18)15-3-7-16(20)8-4-15;1-4(2)3/h3-10,18,21H,11-13H2,1-2H3;(H-,1,2,3)/p+1. The van der Waals surface area contributed by atoms with Crippen LogP contribution in [0.15, 0.2) is 58.5 Å². The number of hydrazone groups is 1. The summed E-state index contributed by atoms with van der Waals surface area (Å²) in [5, 5.41) is 5.10. The Morgan fingerprint density at radius 3 is 2.23 bits per heavy atom. The van der Waals surface area contributed by atoms with E-state index in [1.165, 1.54) is 0 Å². The van der Waals surface area contributed by atoms with Gasteiger partial charge in [-0.25, -0.2) is 8.42 Å². The monoisotopic (exact) mass is 472 g/mol. The molecule has 8 nitrogen and oxygen atoms in total. The minimum Gasteiger partial charge on any atom is -0.309 e. The summed E-state index contributed by atoms with van der Waals surface area (Å²) in [6.45, 7) is 1.19. The van der Waals surface area contributed by atoms with Crippen LogP contribution in [-0.2, 0) is 14.4 Å². The topological polar surface area (TPSA) is 119 Å². The molecule has 0 radical (unpaired) electrons. The lowest BCUT2D eigenvalue weighted by Crippen LogP contribution is -2.22. The molecule has 2 aromatic rings. The number of benzene rings is 2. The summed E-state index contributed by atoms with van der Waals surface area (Å²) < 4.78 is 33.5. The number of nitrogens with one attached hydrogen (secondary N) is 1. The van der Waals surface area contributed by atoms with Crippen molar-refractivity contribution in [1.82, 2.24) is 10.3 Å². The largest absolute Gasteiger partial charge is 0.692 e. The molecule has 11 heteroatoms. The van der Waals surface area contributed by atoms with Crippen LogP contribution in [0.25, 0.3) is 0 Å². The van der Waals surface area contributed by atoms with Crippen molar-refractivity contribution in [3.05, 3.63) is 64.7 Å². The third-order valence-corrected chi connectivity index (χ3v) is 6.38. The molecule has 0 bridgehead atoms. The SMILES string of the molecule is CN(C)CCS(=O)(=O)c1ccc(C2CNN=C2c2ccc(Cl)cc2)cc1.O=[P+](O)O. The minimum absolute atomic E-state index is 0.0784. The van der Waals surface area contributed by atoms with Gasteiger partial charge in [0, 0.05) is 28.6 Å². The fourth-order valence-electron chi connectivity index (χ4n) is 2.89. The Bertz CT molecular complexity index is 992. The lowest BCUT2D eigenvalue weighted by Gasteiger charge is -2.14. The molecule has 1 aliphatic heterocycles. The molecule has 1 heterocycles. The van der Waals surface area contributed by atoms with Crippen LogP contribution in [-0.4, -0.2) is 61.8 Å². The molecule has 1 atom stereocenters. The Balaban J connectivity index is 0.000000735. The van der Waals surface area contributed by atoms with E-state index in [2.05, 4.69) is 10.5 Å². The van der Waals surface area contributed by atoms with E-state index in [0.717, 1.165) is 16.8 Å². The van der Waals surface area contributed by atoms with E-state index in [0.29, 0.717) is 23.0 Å². The maximum Gasteiger partial charge on any atom is 0.692 e. The first-order chi connectivity index (χ1) is 14.1. The van der Waals surface area contributed by atoms with E-state index >= 15 is 0 Å². The summed E-state index contributed by atoms with van der Waals surface area (Å²) in [4.78, 5) is 16.5. The number of nitrogens with zero attached hydrogens (tertiary/aromatic N) is 2. The second-order valence-corrected chi connectivity index (χ2v) is 9.91. The van der Waals surface area contributed by atoms with E-state index in [9.17, 15) is 8.42 Å². The van der Waals surface area contributed by atoms with Crippen molar-refractivity contribution >= 4 is 35.4 Å². The molecule has 1 aliphatic rings. The number of rotatable bonds is 6. The molecule has 2 aromatic carbocycles. The zero-order valence-corrected chi connectivity index (χ0v) is 19.0. The molecule has 0 fully saturated rings. The summed E-state index contributed by atoms with van der Waals surface area (Å²) in [6, 6.07) is 14.7. The highest BCUT2D eigenvalue weighted by molar-refractivity contribution is 7.91. The molecule has 3 N–H and O–H groups in total. The number of hydrogen-bond donors (Lipinski definition) is 3. The summed E-state index contributed by atoms with van der Waals surface area (Å²) in [5.74, 6) is 0.191. The minimum atomic E-state index is -3.27. The zero-order chi connectivity index (χ0) is 22.3. The highest BCUT2D eigenvalue weighted by atomic mass is 35.5. The molecule has 0 aliphatic carbocycles. The molecule has 1 unspecified atom stereocenters. The maximum absolute atomic E-state index is 12.4. The van der Waals surface area contributed by atoms with Crippen LogP contribution in [0.5, 0.6) is 0 Å². The van der Waals surface area contributed by atoms with Gasteiger partial charge < -0.3 is 10.3 Å². The van der Waals surface area contributed by atoms with Gasteiger partial charge in [0.15, 0.2) is 9.84 Å². The highest BCUT2D eigenvalue weighted by Gasteiger charge is 2.25. The van der Waals surface area contributed by atoms with Crippen molar-refractivity contribution in [3.8, 4) is 0 Å². The smallest absolute Gasteiger partial charge is 0.309 e. The van der Waals surface area contributed by atoms with Crippen LogP contribution < -0.4 is 5.43 Å². The lowest BCUT2D eigenvalue weighted by molar-refractivity contribution is 0.405. The third kappa shape index (κ3) is 7.12. The highest BCUT2D eigenvalue weighted by Crippen LogP contribution is 2.26.